The maximum atomic E-state index is 12.3. The highest BCUT2D eigenvalue weighted by molar-refractivity contribution is 6.31. The number of hydrogen-bond donors (Lipinski definition) is 2. The van der Waals surface area contributed by atoms with Crippen LogP contribution < -0.4 is 11.2 Å². The first kappa shape index (κ1) is 11.3. The van der Waals surface area contributed by atoms with E-state index in [1.54, 1.807) is 18.2 Å². The molecular formula is C13H11ClN2O2. The van der Waals surface area contributed by atoms with Crippen LogP contribution in [-0.2, 0) is 11.2 Å². The molecular weight excluding hydrogens is 252 g/mol. The molecule has 18 heavy (non-hydrogen) atoms. The number of aromatic nitrogens is 1. The molecule has 4 nitrogen and oxygen atoms in total. The highest BCUT2D eigenvalue weighted by Crippen LogP contribution is 2.31. The molecule has 3 rings (SSSR count). The molecule has 1 heterocycles. The van der Waals surface area contributed by atoms with Crippen LogP contribution >= 0.6 is 11.6 Å². The smallest absolute Gasteiger partial charge is 0.226 e. The van der Waals surface area contributed by atoms with Gasteiger partial charge in [0, 0.05) is 27.2 Å². The summed E-state index contributed by atoms with van der Waals surface area (Å²) in [6.45, 7) is 0. The van der Waals surface area contributed by atoms with E-state index in [-0.39, 0.29) is 11.3 Å². The van der Waals surface area contributed by atoms with Gasteiger partial charge in [-0.15, -0.1) is 0 Å². The Balaban J connectivity index is 2.34. The third kappa shape index (κ3) is 1.53. The summed E-state index contributed by atoms with van der Waals surface area (Å²) in [7, 11) is 0. The van der Waals surface area contributed by atoms with Crippen LogP contribution in [0.1, 0.15) is 23.6 Å². The quantitative estimate of drug-likeness (QED) is 0.821. The Morgan fingerprint density at radius 3 is 2.94 bits per heavy atom. The van der Waals surface area contributed by atoms with E-state index in [2.05, 4.69) is 4.98 Å². The second kappa shape index (κ2) is 3.85. The third-order valence-electron chi connectivity index (χ3n) is 3.47. The van der Waals surface area contributed by atoms with Gasteiger partial charge in [0.2, 0.25) is 5.91 Å². The van der Waals surface area contributed by atoms with Gasteiger partial charge in [0.25, 0.3) is 0 Å². The van der Waals surface area contributed by atoms with E-state index in [1.165, 1.54) is 0 Å². The fraction of sp³-hybridized carbons (Fsp3) is 0.231. The molecule has 1 amide bonds. The summed E-state index contributed by atoms with van der Waals surface area (Å²) in [5.74, 6) is -0.773. The summed E-state index contributed by atoms with van der Waals surface area (Å²) in [6.07, 6.45) is 1.18. The molecule has 2 aromatic rings. The van der Waals surface area contributed by atoms with Crippen molar-refractivity contribution in [1.29, 1.82) is 0 Å². The van der Waals surface area contributed by atoms with Gasteiger partial charge in [0.05, 0.1) is 5.92 Å². The summed E-state index contributed by atoms with van der Waals surface area (Å²) in [5.41, 5.74) is 7.32. The summed E-state index contributed by atoms with van der Waals surface area (Å²) in [6, 6.07) is 5.10. The standard InChI is InChI=1S/C13H11ClN2O2/c14-6-1-4-10-9(5-6)12(17)7-2-3-8(13(15)18)11(7)16-10/h1,4-5,8H,2-3H2,(H2,15,18)(H,16,17). The van der Waals surface area contributed by atoms with E-state index in [0.717, 1.165) is 0 Å². The molecule has 1 aromatic carbocycles. The van der Waals surface area contributed by atoms with Crippen LogP contribution in [0, 0.1) is 0 Å². The molecule has 0 saturated heterocycles. The molecule has 5 heteroatoms. The number of rotatable bonds is 1. The van der Waals surface area contributed by atoms with Crippen LogP contribution in [0.2, 0.25) is 5.02 Å². The summed E-state index contributed by atoms with van der Waals surface area (Å²) in [5, 5.41) is 1.09. The second-order valence-corrected chi connectivity index (χ2v) is 4.97. The number of primary amides is 1. The fourth-order valence-corrected chi connectivity index (χ4v) is 2.75. The minimum absolute atomic E-state index is 0.0509. The number of amides is 1. The largest absolute Gasteiger partial charge is 0.369 e. The number of carbonyl (C=O) groups excluding carboxylic acids is 1. The summed E-state index contributed by atoms with van der Waals surface area (Å²) < 4.78 is 0. The van der Waals surface area contributed by atoms with Gasteiger partial charge in [-0.1, -0.05) is 11.6 Å². The van der Waals surface area contributed by atoms with E-state index in [4.69, 9.17) is 17.3 Å². The molecule has 1 atom stereocenters. The average molecular weight is 263 g/mol. The number of hydrogen-bond acceptors (Lipinski definition) is 2. The van der Waals surface area contributed by atoms with Gasteiger partial charge in [-0.25, -0.2) is 0 Å². The number of fused-ring (bicyclic) bond motifs is 2. The molecule has 0 fully saturated rings. The minimum Gasteiger partial charge on any atom is -0.369 e. The SMILES string of the molecule is NC(=O)C1CCc2c1[nH]c1ccc(Cl)cc1c2=O. The first-order chi connectivity index (χ1) is 8.58. The first-order valence-electron chi connectivity index (χ1n) is 5.71. The molecule has 0 saturated carbocycles. The lowest BCUT2D eigenvalue weighted by Crippen LogP contribution is -2.21. The van der Waals surface area contributed by atoms with Gasteiger partial charge in [-0.2, -0.15) is 0 Å². The van der Waals surface area contributed by atoms with Crippen molar-refractivity contribution < 1.29 is 4.79 Å². The van der Waals surface area contributed by atoms with Gasteiger partial charge in [-0.05, 0) is 31.0 Å². The molecule has 0 spiro atoms. The second-order valence-electron chi connectivity index (χ2n) is 4.53. The lowest BCUT2D eigenvalue weighted by atomic mass is 10.1. The van der Waals surface area contributed by atoms with Gasteiger partial charge >= 0.3 is 0 Å². The Labute approximate surface area is 108 Å². The van der Waals surface area contributed by atoms with Crippen LogP contribution in [0.5, 0.6) is 0 Å². The lowest BCUT2D eigenvalue weighted by molar-refractivity contribution is -0.119. The van der Waals surface area contributed by atoms with Gasteiger partial charge in [0.1, 0.15) is 0 Å². The Morgan fingerprint density at radius 2 is 2.22 bits per heavy atom. The van der Waals surface area contributed by atoms with Gasteiger partial charge in [0.15, 0.2) is 5.43 Å². The molecule has 1 aromatic heterocycles. The summed E-state index contributed by atoms with van der Waals surface area (Å²) in [4.78, 5) is 26.8. The molecule has 3 N–H and O–H groups in total. The Morgan fingerprint density at radius 1 is 1.44 bits per heavy atom. The van der Waals surface area contributed by atoms with Crippen molar-refractivity contribution in [3.63, 3.8) is 0 Å². The van der Waals surface area contributed by atoms with E-state index in [9.17, 15) is 9.59 Å². The fourth-order valence-electron chi connectivity index (χ4n) is 2.58. The Bertz CT molecular complexity index is 721. The van der Waals surface area contributed by atoms with Crippen molar-refractivity contribution in [2.45, 2.75) is 18.8 Å². The highest BCUT2D eigenvalue weighted by atomic mass is 35.5. The van der Waals surface area contributed by atoms with E-state index < -0.39 is 5.91 Å². The van der Waals surface area contributed by atoms with Gasteiger partial charge in [-0.3, -0.25) is 9.59 Å². The number of nitrogens with two attached hydrogens (primary N) is 1. The number of carbonyl (C=O) groups is 1. The van der Waals surface area contributed by atoms with Crippen LogP contribution in [0.3, 0.4) is 0 Å². The Kier molecular flexibility index (Phi) is 2.41. The van der Waals surface area contributed by atoms with Crippen LogP contribution in [0.4, 0.5) is 0 Å². The zero-order chi connectivity index (χ0) is 12.9. The molecule has 0 bridgehead atoms. The van der Waals surface area contributed by atoms with Crippen molar-refractivity contribution in [1.82, 2.24) is 4.98 Å². The zero-order valence-corrected chi connectivity index (χ0v) is 10.3. The molecule has 1 aliphatic rings. The van der Waals surface area contributed by atoms with Crippen molar-refractivity contribution in [2.75, 3.05) is 0 Å². The molecule has 1 unspecified atom stereocenters. The van der Waals surface area contributed by atoms with Gasteiger partial charge < -0.3 is 10.7 Å². The average Bonchev–Trinajstić information content (AvgIpc) is 2.74. The Hall–Kier alpha value is -1.81. The number of aromatic amines is 1. The molecule has 1 aliphatic carbocycles. The number of halogens is 1. The van der Waals surface area contributed by atoms with Crippen LogP contribution in [0.25, 0.3) is 10.9 Å². The van der Waals surface area contributed by atoms with Crippen molar-refractivity contribution in [2.24, 2.45) is 5.73 Å². The van der Waals surface area contributed by atoms with Crippen molar-refractivity contribution in [3.8, 4) is 0 Å². The maximum absolute atomic E-state index is 12.3. The van der Waals surface area contributed by atoms with E-state index >= 15 is 0 Å². The normalized spacial score (nSPS) is 17.9. The van der Waals surface area contributed by atoms with Crippen molar-refractivity contribution >= 4 is 28.4 Å². The van der Waals surface area contributed by atoms with Crippen LogP contribution in [0.15, 0.2) is 23.0 Å². The maximum Gasteiger partial charge on any atom is 0.226 e. The molecule has 0 aliphatic heterocycles. The first-order valence-corrected chi connectivity index (χ1v) is 6.09. The zero-order valence-electron chi connectivity index (χ0n) is 9.50. The third-order valence-corrected chi connectivity index (χ3v) is 3.70. The number of pyridine rings is 1. The topological polar surface area (TPSA) is 76.0 Å². The predicted molar refractivity (Wildman–Crippen MR) is 69.8 cm³/mol. The molecule has 0 radical (unpaired) electrons. The number of benzene rings is 1. The monoisotopic (exact) mass is 262 g/mol. The number of nitrogens with one attached hydrogen (secondary N) is 1. The minimum atomic E-state index is -0.391. The predicted octanol–water partition coefficient (Wildman–Crippen LogP) is 1.70. The lowest BCUT2D eigenvalue weighted by Gasteiger charge is -2.08. The van der Waals surface area contributed by atoms with Crippen molar-refractivity contribution in [3.05, 3.63) is 44.7 Å². The summed E-state index contributed by atoms with van der Waals surface area (Å²) >= 11 is 5.89. The van der Waals surface area contributed by atoms with E-state index in [0.29, 0.717) is 40.0 Å². The van der Waals surface area contributed by atoms with Crippen LogP contribution in [-0.4, -0.2) is 10.9 Å². The number of H-pyrrole nitrogens is 1. The van der Waals surface area contributed by atoms with E-state index in [1.807, 2.05) is 0 Å². The molecule has 92 valence electrons. The highest BCUT2D eigenvalue weighted by Gasteiger charge is 2.30.